The third kappa shape index (κ3) is 3.49. The van der Waals surface area contributed by atoms with Gasteiger partial charge in [0, 0.05) is 12.7 Å². The molecule has 19 heavy (non-hydrogen) atoms. The van der Waals surface area contributed by atoms with Gasteiger partial charge in [0.15, 0.2) is 5.82 Å². The summed E-state index contributed by atoms with van der Waals surface area (Å²) in [4.78, 5) is 8.81. The average Bonchev–Trinajstić information content (AvgIpc) is 2.39. The van der Waals surface area contributed by atoms with E-state index in [1.165, 1.54) is 0 Å². The number of benzene rings is 1. The van der Waals surface area contributed by atoms with Gasteiger partial charge in [-0.15, -0.1) is 0 Å². The molecule has 1 heterocycles. The van der Waals surface area contributed by atoms with Crippen molar-refractivity contribution in [3.05, 3.63) is 38.0 Å². The van der Waals surface area contributed by atoms with E-state index in [0.29, 0.717) is 21.4 Å². The topological polar surface area (TPSA) is 37.8 Å². The van der Waals surface area contributed by atoms with Crippen LogP contribution in [0.2, 0.25) is 10.0 Å². The maximum atomic E-state index is 6.17. The lowest BCUT2D eigenvalue weighted by Crippen LogP contribution is -2.05. The molecule has 0 atom stereocenters. The molecule has 0 radical (unpaired) electrons. The van der Waals surface area contributed by atoms with Crippen molar-refractivity contribution in [3.8, 4) is 11.4 Å². The summed E-state index contributed by atoms with van der Waals surface area (Å²) in [5, 5.41) is 4.37. The lowest BCUT2D eigenvalue weighted by Gasteiger charge is -2.10. The van der Waals surface area contributed by atoms with Crippen LogP contribution in [0.5, 0.6) is 0 Å². The van der Waals surface area contributed by atoms with Crippen LogP contribution >= 0.6 is 45.8 Å². The van der Waals surface area contributed by atoms with Gasteiger partial charge in [0.05, 0.1) is 19.2 Å². The van der Waals surface area contributed by atoms with Crippen molar-refractivity contribution in [1.29, 1.82) is 0 Å². The largest absolute Gasteiger partial charge is 0.369 e. The lowest BCUT2D eigenvalue weighted by molar-refractivity contribution is 0.963. The first kappa shape index (κ1) is 14.8. The number of aromatic nitrogens is 2. The predicted molar refractivity (Wildman–Crippen MR) is 89.0 cm³/mol. The van der Waals surface area contributed by atoms with E-state index in [9.17, 15) is 0 Å². The first-order valence-electron chi connectivity index (χ1n) is 5.84. The van der Waals surface area contributed by atoms with Gasteiger partial charge in [-0.2, -0.15) is 0 Å². The fourth-order valence-electron chi connectivity index (χ4n) is 1.57. The molecule has 100 valence electrons. The van der Waals surface area contributed by atoms with Gasteiger partial charge in [0.1, 0.15) is 5.82 Å². The highest BCUT2D eigenvalue weighted by atomic mass is 127. The summed E-state index contributed by atoms with van der Waals surface area (Å²) in [5.74, 6) is 1.35. The first-order valence-corrected chi connectivity index (χ1v) is 7.67. The lowest BCUT2D eigenvalue weighted by atomic mass is 10.2. The minimum Gasteiger partial charge on any atom is -0.369 e. The molecular formula is C13H12Cl2IN3. The zero-order valence-corrected chi connectivity index (χ0v) is 13.9. The van der Waals surface area contributed by atoms with Gasteiger partial charge in [-0.1, -0.05) is 36.2 Å². The highest BCUT2D eigenvalue weighted by Gasteiger charge is 2.13. The Balaban J connectivity index is 2.45. The molecule has 1 aromatic carbocycles. The van der Waals surface area contributed by atoms with Crippen LogP contribution < -0.4 is 5.32 Å². The standard InChI is InChI=1S/C13H12Cl2IN3/c1-2-6-17-12-10(16)7-18-13(19-12)11-8(14)4-3-5-9(11)15/h3-5,7H,2,6H2,1H3,(H,17,18,19). The highest BCUT2D eigenvalue weighted by Crippen LogP contribution is 2.33. The van der Waals surface area contributed by atoms with E-state index in [4.69, 9.17) is 23.2 Å². The second kappa shape index (κ2) is 6.72. The normalized spacial score (nSPS) is 10.5. The van der Waals surface area contributed by atoms with Crippen molar-refractivity contribution in [2.45, 2.75) is 13.3 Å². The molecule has 0 fully saturated rings. The van der Waals surface area contributed by atoms with Gasteiger partial charge < -0.3 is 5.32 Å². The molecule has 1 N–H and O–H groups in total. The fraction of sp³-hybridized carbons (Fsp3) is 0.231. The summed E-state index contributed by atoms with van der Waals surface area (Å²) in [7, 11) is 0. The molecule has 0 aliphatic rings. The number of rotatable bonds is 4. The van der Waals surface area contributed by atoms with E-state index in [1.807, 2.05) is 0 Å². The van der Waals surface area contributed by atoms with Gasteiger partial charge in [0.2, 0.25) is 0 Å². The smallest absolute Gasteiger partial charge is 0.164 e. The van der Waals surface area contributed by atoms with E-state index in [0.717, 1.165) is 22.4 Å². The minimum atomic E-state index is 0.537. The molecule has 2 aromatic rings. The van der Waals surface area contributed by atoms with Gasteiger partial charge in [-0.05, 0) is 41.1 Å². The molecule has 0 amide bonds. The molecule has 3 nitrogen and oxygen atoms in total. The average molecular weight is 408 g/mol. The number of hydrogen-bond donors (Lipinski definition) is 1. The Kier molecular flexibility index (Phi) is 5.24. The Labute approximate surface area is 135 Å². The zero-order chi connectivity index (χ0) is 13.8. The van der Waals surface area contributed by atoms with Crippen LogP contribution in [0, 0.1) is 3.57 Å². The third-order valence-corrected chi connectivity index (χ3v) is 3.89. The summed E-state index contributed by atoms with van der Waals surface area (Å²) in [5.41, 5.74) is 0.668. The van der Waals surface area contributed by atoms with Crippen molar-refractivity contribution < 1.29 is 0 Å². The molecule has 0 aliphatic heterocycles. The summed E-state index contributed by atoms with van der Waals surface area (Å²) < 4.78 is 0.970. The van der Waals surface area contributed by atoms with Crippen molar-refractivity contribution in [1.82, 2.24) is 9.97 Å². The molecular weight excluding hydrogens is 396 g/mol. The molecule has 1 aromatic heterocycles. The number of nitrogens with zero attached hydrogens (tertiary/aromatic N) is 2. The molecule has 0 bridgehead atoms. The van der Waals surface area contributed by atoms with Gasteiger partial charge in [-0.25, -0.2) is 9.97 Å². The van der Waals surface area contributed by atoms with E-state index in [1.54, 1.807) is 24.4 Å². The Morgan fingerprint density at radius 1 is 1.26 bits per heavy atom. The van der Waals surface area contributed by atoms with Crippen molar-refractivity contribution in [2.24, 2.45) is 0 Å². The maximum Gasteiger partial charge on any atom is 0.164 e. The van der Waals surface area contributed by atoms with Gasteiger partial charge >= 0.3 is 0 Å². The summed E-state index contributed by atoms with van der Waals surface area (Å²) in [6, 6.07) is 5.36. The molecule has 0 saturated heterocycles. The van der Waals surface area contributed by atoms with Crippen LogP contribution in [0.25, 0.3) is 11.4 Å². The third-order valence-electron chi connectivity index (χ3n) is 2.47. The predicted octanol–water partition coefficient (Wildman–Crippen LogP) is 4.88. The highest BCUT2D eigenvalue weighted by molar-refractivity contribution is 14.1. The second-order valence-corrected chi connectivity index (χ2v) is 5.89. The van der Waals surface area contributed by atoms with Crippen LogP contribution in [-0.4, -0.2) is 16.5 Å². The quantitative estimate of drug-likeness (QED) is 0.734. The van der Waals surface area contributed by atoms with Crippen LogP contribution in [0.15, 0.2) is 24.4 Å². The maximum absolute atomic E-state index is 6.17. The summed E-state index contributed by atoms with van der Waals surface area (Å²) in [6.45, 7) is 2.97. The van der Waals surface area contributed by atoms with Crippen molar-refractivity contribution >= 4 is 51.6 Å². The number of anilines is 1. The van der Waals surface area contributed by atoms with Crippen molar-refractivity contribution in [3.63, 3.8) is 0 Å². The van der Waals surface area contributed by atoms with E-state index >= 15 is 0 Å². The van der Waals surface area contributed by atoms with E-state index in [-0.39, 0.29) is 0 Å². The van der Waals surface area contributed by atoms with E-state index in [2.05, 4.69) is 44.8 Å². The first-order chi connectivity index (χ1) is 9.13. The van der Waals surface area contributed by atoms with Crippen LogP contribution in [0.3, 0.4) is 0 Å². The molecule has 0 aliphatic carbocycles. The second-order valence-electron chi connectivity index (χ2n) is 3.91. The monoisotopic (exact) mass is 407 g/mol. The molecule has 2 rings (SSSR count). The molecule has 6 heteroatoms. The molecule has 0 unspecified atom stereocenters. The van der Waals surface area contributed by atoms with Crippen LogP contribution in [0.1, 0.15) is 13.3 Å². The number of halogens is 3. The minimum absolute atomic E-state index is 0.537. The Bertz CT molecular complexity index is 570. The van der Waals surface area contributed by atoms with E-state index < -0.39 is 0 Å². The Hall–Kier alpha value is -0.590. The Morgan fingerprint density at radius 2 is 1.95 bits per heavy atom. The Morgan fingerprint density at radius 3 is 2.58 bits per heavy atom. The van der Waals surface area contributed by atoms with Gasteiger partial charge in [-0.3, -0.25) is 0 Å². The van der Waals surface area contributed by atoms with Crippen LogP contribution in [0.4, 0.5) is 5.82 Å². The number of nitrogens with one attached hydrogen (secondary N) is 1. The zero-order valence-electron chi connectivity index (χ0n) is 10.3. The van der Waals surface area contributed by atoms with Crippen LogP contribution in [-0.2, 0) is 0 Å². The molecule has 0 saturated carbocycles. The summed E-state index contributed by atoms with van der Waals surface area (Å²) in [6.07, 6.45) is 2.79. The molecule has 0 spiro atoms. The fourth-order valence-corrected chi connectivity index (χ4v) is 2.58. The summed E-state index contributed by atoms with van der Waals surface area (Å²) >= 11 is 14.5. The number of hydrogen-bond acceptors (Lipinski definition) is 3. The van der Waals surface area contributed by atoms with Crippen molar-refractivity contribution in [2.75, 3.05) is 11.9 Å². The van der Waals surface area contributed by atoms with Gasteiger partial charge in [0.25, 0.3) is 0 Å². The SMILES string of the molecule is CCCNc1nc(-c2c(Cl)cccc2Cl)ncc1I.